The molecule has 0 aliphatic carbocycles. The summed E-state index contributed by atoms with van der Waals surface area (Å²) in [5, 5.41) is 40.5. The first-order chi connectivity index (χ1) is 8.11. The van der Waals surface area contributed by atoms with Crippen LogP contribution < -0.4 is 5.32 Å². The van der Waals surface area contributed by atoms with Crippen molar-refractivity contribution in [1.29, 1.82) is 0 Å². The number of aliphatic hydroxyl groups is 4. The minimum Gasteiger partial charge on any atom is -0.508 e. The van der Waals surface area contributed by atoms with Gasteiger partial charge in [0.25, 0.3) is 0 Å². The van der Waals surface area contributed by atoms with Crippen molar-refractivity contribution in [2.45, 2.75) is 46.3 Å². The fourth-order valence-corrected chi connectivity index (χ4v) is 1.33. The van der Waals surface area contributed by atoms with Crippen molar-refractivity contribution in [1.82, 2.24) is 5.32 Å². The fourth-order valence-electron chi connectivity index (χ4n) is 1.33. The normalized spacial score (nSPS) is 16.8. The molecule has 5 N–H and O–H groups in total. The Labute approximate surface area is 107 Å². The number of hydrogen-bond acceptors (Lipinski definition) is 5. The Morgan fingerprint density at radius 3 is 2.11 bits per heavy atom. The standard InChI is InChI=1S/C12H23NO5/c1-7(15)13-9(11(18)12(2,3)4)10(17)8(16)5-6-14/h8,11,14,16-18H,5-6H2,1-4H3,(H,13,15)/b10-9+/t8-,11-/m1/s1. The van der Waals surface area contributed by atoms with Crippen LogP contribution in [0, 0.1) is 5.41 Å². The van der Waals surface area contributed by atoms with Gasteiger partial charge in [-0.05, 0) is 5.41 Å². The Balaban J connectivity index is 5.32. The molecule has 0 aromatic carbocycles. The predicted molar refractivity (Wildman–Crippen MR) is 66.6 cm³/mol. The Hall–Kier alpha value is -1.11. The molecule has 0 aromatic heterocycles. The number of rotatable bonds is 5. The number of amides is 1. The molecule has 0 heterocycles. The molecule has 0 aromatic rings. The molecule has 0 unspecified atom stereocenters. The Morgan fingerprint density at radius 2 is 1.78 bits per heavy atom. The quantitative estimate of drug-likeness (QED) is 0.449. The van der Waals surface area contributed by atoms with Crippen molar-refractivity contribution in [3.8, 4) is 0 Å². The van der Waals surface area contributed by atoms with Crippen molar-refractivity contribution in [3.05, 3.63) is 11.5 Å². The van der Waals surface area contributed by atoms with E-state index in [0.717, 1.165) is 0 Å². The second-order valence-electron chi connectivity index (χ2n) is 5.28. The third kappa shape index (κ3) is 5.03. The summed E-state index contributed by atoms with van der Waals surface area (Å²) in [5.74, 6) is -0.988. The first-order valence-corrected chi connectivity index (χ1v) is 5.78. The lowest BCUT2D eigenvalue weighted by Gasteiger charge is -2.29. The molecule has 1 amide bonds. The van der Waals surface area contributed by atoms with E-state index in [-0.39, 0.29) is 18.7 Å². The lowest BCUT2D eigenvalue weighted by Crippen LogP contribution is -2.39. The smallest absolute Gasteiger partial charge is 0.221 e. The lowest BCUT2D eigenvalue weighted by atomic mass is 9.86. The Morgan fingerprint density at radius 1 is 1.28 bits per heavy atom. The molecule has 18 heavy (non-hydrogen) atoms. The highest BCUT2D eigenvalue weighted by Crippen LogP contribution is 2.26. The third-order valence-corrected chi connectivity index (χ3v) is 2.40. The van der Waals surface area contributed by atoms with Gasteiger partial charge in [0.1, 0.15) is 18.0 Å². The first kappa shape index (κ1) is 16.9. The highest BCUT2D eigenvalue weighted by atomic mass is 16.3. The van der Waals surface area contributed by atoms with Crippen LogP contribution in [0.5, 0.6) is 0 Å². The van der Waals surface area contributed by atoms with E-state index in [4.69, 9.17) is 5.11 Å². The van der Waals surface area contributed by atoms with Gasteiger partial charge in [0.2, 0.25) is 5.91 Å². The first-order valence-electron chi connectivity index (χ1n) is 5.78. The van der Waals surface area contributed by atoms with E-state index >= 15 is 0 Å². The van der Waals surface area contributed by atoms with Crippen LogP contribution in [0.1, 0.15) is 34.1 Å². The summed E-state index contributed by atoms with van der Waals surface area (Å²) in [6.45, 7) is 6.10. The molecule has 0 fully saturated rings. The van der Waals surface area contributed by atoms with Gasteiger partial charge in [-0.25, -0.2) is 0 Å². The second kappa shape index (κ2) is 6.72. The zero-order valence-electron chi connectivity index (χ0n) is 11.3. The van der Waals surface area contributed by atoms with Crippen LogP contribution in [0.15, 0.2) is 11.5 Å². The van der Waals surface area contributed by atoms with Gasteiger partial charge in [0, 0.05) is 20.0 Å². The third-order valence-electron chi connectivity index (χ3n) is 2.40. The van der Waals surface area contributed by atoms with Crippen molar-refractivity contribution >= 4 is 5.91 Å². The van der Waals surface area contributed by atoms with E-state index in [9.17, 15) is 20.1 Å². The molecular formula is C12H23NO5. The molecule has 106 valence electrons. The molecule has 0 saturated heterocycles. The zero-order valence-corrected chi connectivity index (χ0v) is 11.3. The van der Waals surface area contributed by atoms with Crippen molar-refractivity contribution < 1.29 is 25.2 Å². The van der Waals surface area contributed by atoms with Gasteiger partial charge in [-0.15, -0.1) is 0 Å². The van der Waals surface area contributed by atoms with E-state index < -0.39 is 29.3 Å². The minimum absolute atomic E-state index is 0.0776. The Kier molecular flexibility index (Phi) is 6.31. The molecule has 0 spiro atoms. The SMILES string of the molecule is CC(=O)N/C(=C(/O)[C@H](O)CCO)[C@@H](O)C(C)(C)C. The van der Waals surface area contributed by atoms with Gasteiger partial charge in [-0.2, -0.15) is 0 Å². The average molecular weight is 261 g/mol. The number of hydrogen-bond donors (Lipinski definition) is 5. The monoisotopic (exact) mass is 261 g/mol. The topological polar surface area (TPSA) is 110 Å². The largest absolute Gasteiger partial charge is 0.508 e. The summed E-state index contributed by atoms with van der Waals surface area (Å²) >= 11 is 0. The van der Waals surface area contributed by atoms with E-state index in [2.05, 4.69) is 5.32 Å². The summed E-state index contributed by atoms with van der Waals surface area (Å²) in [6, 6.07) is 0. The zero-order chi connectivity index (χ0) is 14.5. The molecular weight excluding hydrogens is 238 g/mol. The summed E-state index contributed by atoms with van der Waals surface area (Å²) < 4.78 is 0. The van der Waals surface area contributed by atoms with E-state index in [1.54, 1.807) is 20.8 Å². The maximum atomic E-state index is 11.1. The highest BCUT2D eigenvalue weighted by Gasteiger charge is 2.30. The summed E-state index contributed by atoms with van der Waals surface area (Å²) in [4.78, 5) is 11.1. The Bertz CT molecular complexity index is 319. The minimum atomic E-state index is -1.33. The average Bonchev–Trinajstić information content (AvgIpc) is 2.22. The van der Waals surface area contributed by atoms with Gasteiger partial charge in [0.15, 0.2) is 0 Å². The lowest BCUT2D eigenvalue weighted by molar-refractivity contribution is -0.118. The molecule has 0 bridgehead atoms. The molecule has 6 heteroatoms. The van der Waals surface area contributed by atoms with Crippen LogP contribution in [0.3, 0.4) is 0 Å². The van der Waals surface area contributed by atoms with Crippen LogP contribution in [0.25, 0.3) is 0 Å². The van der Waals surface area contributed by atoms with Crippen LogP contribution in [0.4, 0.5) is 0 Å². The maximum absolute atomic E-state index is 11.1. The van der Waals surface area contributed by atoms with E-state index in [1.807, 2.05) is 0 Å². The van der Waals surface area contributed by atoms with Crippen molar-refractivity contribution in [2.24, 2.45) is 5.41 Å². The maximum Gasteiger partial charge on any atom is 0.221 e. The van der Waals surface area contributed by atoms with Gasteiger partial charge in [0.05, 0.1) is 5.70 Å². The van der Waals surface area contributed by atoms with Crippen LogP contribution in [-0.4, -0.2) is 45.1 Å². The number of carbonyl (C=O) groups is 1. The number of carbonyl (C=O) groups excluding carboxylic acids is 1. The molecule has 6 nitrogen and oxygen atoms in total. The van der Waals surface area contributed by atoms with Crippen molar-refractivity contribution in [2.75, 3.05) is 6.61 Å². The fraction of sp³-hybridized carbons (Fsp3) is 0.750. The molecule has 0 aliphatic heterocycles. The number of nitrogens with one attached hydrogen (secondary N) is 1. The molecule has 0 rings (SSSR count). The second-order valence-corrected chi connectivity index (χ2v) is 5.28. The van der Waals surface area contributed by atoms with Crippen LogP contribution in [-0.2, 0) is 4.79 Å². The molecule has 0 radical (unpaired) electrons. The van der Waals surface area contributed by atoms with Gasteiger partial charge >= 0.3 is 0 Å². The van der Waals surface area contributed by atoms with E-state index in [0.29, 0.717) is 0 Å². The highest BCUT2D eigenvalue weighted by molar-refractivity contribution is 5.75. The van der Waals surface area contributed by atoms with Crippen molar-refractivity contribution in [3.63, 3.8) is 0 Å². The van der Waals surface area contributed by atoms with Gasteiger partial charge in [-0.1, -0.05) is 20.8 Å². The number of aliphatic hydroxyl groups excluding tert-OH is 4. The van der Waals surface area contributed by atoms with E-state index in [1.165, 1.54) is 6.92 Å². The molecule has 2 atom stereocenters. The molecule has 0 saturated carbocycles. The van der Waals surface area contributed by atoms with Crippen LogP contribution >= 0.6 is 0 Å². The van der Waals surface area contributed by atoms with Gasteiger partial charge < -0.3 is 25.7 Å². The summed E-state index contributed by atoms with van der Waals surface area (Å²) in [7, 11) is 0. The summed E-state index contributed by atoms with van der Waals surface area (Å²) in [6.07, 6.45) is -2.55. The molecule has 0 aliphatic rings. The predicted octanol–water partition coefficient (Wildman–Crippen LogP) is 0.0424. The van der Waals surface area contributed by atoms with Crippen LogP contribution in [0.2, 0.25) is 0 Å². The van der Waals surface area contributed by atoms with Gasteiger partial charge in [-0.3, -0.25) is 4.79 Å². The summed E-state index contributed by atoms with van der Waals surface area (Å²) in [5.41, 5.74) is -0.749.